The molecule has 0 saturated carbocycles. The molecule has 1 N–H and O–H groups in total. The van der Waals surface area contributed by atoms with E-state index in [1.54, 1.807) is 12.3 Å². The number of aryl methyl sites for hydroxylation is 2. The number of pyridine rings is 1. The molecule has 0 spiro atoms. The summed E-state index contributed by atoms with van der Waals surface area (Å²) in [7, 11) is 0. The van der Waals surface area contributed by atoms with Crippen LogP contribution in [0.25, 0.3) is 0 Å². The van der Waals surface area contributed by atoms with Crippen LogP contribution < -0.4 is 5.32 Å². The fraction of sp³-hybridized carbons (Fsp3) is 0.438. The van der Waals surface area contributed by atoms with Gasteiger partial charge in [-0.3, -0.25) is 4.98 Å². The molecule has 2 aromatic heterocycles. The maximum atomic E-state index is 13.4. The molecular weight excluding hydrogens is 271 g/mol. The smallest absolute Gasteiger partial charge is 0.141 e. The van der Waals surface area contributed by atoms with E-state index in [2.05, 4.69) is 23.3 Å². The van der Waals surface area contributed by atoms with Crippen molar-refractivity contribution < 1.29 is 4.39 Å². The average molecular weight is 290 g/mol. The van der Waals surface area contributed by atoms with E-state index in [0.29, 0.717) is 0 Å². The predicted octanol–water partition coefficient (Wildman–Crippen LogP) is 3.86. The Balaban J connectivity index is 1.95. The molecule has 1 unspecified atom stereocenters. The summed E-state index contributed by atoms with van der Waals surface area (Å²) >= 11 is 1.87. The Labute approximate surface area is 123 Å². The lowest BCUT2D eigenvalue weighted by molar-refractivity contribution is 0.599. The third-order valence-corrected chi connectivity index (χ3v) is 5.07. The van der Waals surface area contributed by atoms with Gasteiger partial charge in [-0.1, -0.05) is 6.92 Å². The second-order valence-electron chi connectivity index (χ2n) is 5.23. The fourth-order valence-corrected chi connectivity index (χ4v) is 4.19. The molecular formula is C16H19FN2S. The lowest BCUT2D eigenvalue weighted by Gasteiger charge is -2.16. The lowest BCUT2D eigenvalue weighted by Crippen LogP contribution is -2.21. The van der Waals surface area contributed by atoms with Crippen molar-refractivity contribution in [3.05, 3.63) is 51.2 Å². The molecule has 4 heteroatoms. The summed E-state index contributed by atoms with van der Waals surface area (Å²) in [5.74, 6) is -0.272. The fourth-order valence-electron chi connectivity index (χ4n) is 2.83. The van der Waals surface area contributed by atoms with Gasteiger partial charge in [0.1, 0.15) is 5.82 Å². The number of nitrogens with zero attached hydrogens (tertiary/aromatic N) is 1. The first-order valence-corrected chi connectivity index (χ1v) is 8.05. The third-order valence-electron chi connectivity index (χ3n) is 3.77. The molecule has 3 rings (SSSR count). The van der Waals surface area contributed by atoms with Crippen LogP contribution in [0.4, 0.5) is 4.39 Å². The molecule has 106 valence electrons. The van der Waals surface area contributed by atoms with Crippen LogP contribution in [-0.2, 0) is 12.8 Å². The molecule has 1 atom stereocenters. The van der Waals surface area contributed by atoms with E-state index in [1.807, 2.05) is 11.3 Å². The molecule has 0 fully saturated rings. The highest BCUT2D eigenvalue weighted by Crippen LogP contribution is 2.35. The normalized spacial score (nSPS) is 15.9. The number of nitrogens with one attached hydrogen (secondary N) is 1. The predicted molar refractivity (Wildman–Crippen MR) is 80.7 cm³/mol. The summed E-state index contributed by atoms with van der Waals surface area (Å²) in [4.78, 5) is 6.78. The largest absolute Gasteiger partial charge is 0.306 e. The maximum Gasteiger partial charge on any atom is 0.141 e. The zero-order valence-corrected chi connectivity index (χ0v) is 12.5. The minimum atomic E-state index is -0.272. The summed E-state index contributed by atoms with van der Waals surface area (Å²) in [6.45, 7) is 2.93. The average Bonchev–Trinajstić information content (AvgIpc) is 2.88. The molecule has 0 bridgehead atoms. The van der Waals surface area contributed by atoms with Gasteiger partial charge in [0.05, 0.1) is 12.2 Å². The highest BCUT2D eigenvalue weighted by molar-refractivity contribution is 7.12. The molecule has 2 heterocycles. The van der Waals surface area contributed by atoms with E-state index in [4.69, 9.17) is 0 Å². The molecule has 0 aromatic carbocycles. The zero-order chi connectivity index (χ0) is 13.9. The summed E-state index contributed by atoms with van der Waals surface area (Å²) in [6, 6.07) is 3.94. The standard InChI is InChI=1S/C16H19FN2S/c1-2-19-16(12-7-13(17)10-18-9-12)15-8-11-5-3-4-6-14(11)20-15/h7-10,16,19H,2-6H2,1H3. The van der Waals surface area contributed by atoms with Crippen molar-refractivity contribution >= 4 is 11.3 Å². The van der Waals surface area contributed by atoms with Crippen molar-refractivity contribution in [2.24, 2.45) is 0 Å². The van der Waals surface area contributed by atoms with Gasteiger partial charge in [0.25, 0.3) is 0 Å². The number of hydrogen-bond acceptors (Lipinski definition) is 3. The SMILES string of the molecule is CCNC(c1cncc(F)c1)c1cc2c(s1)CCCC2. The first kappa shape index (κ1) is 13.7. The number of rotatable bonds is 4. The second-order valence-corrected chi connectivity index (χ2v) is 6.40. The molecule has 0 amide bonds. The highest BCUT2D eigenvalue weighted by Gasteiger charge is 2.20. The zero-order valence-electron chi connectivity index (χ0n) is 11.7. The number of hydrogen-bond donors (Lipinski definition) is 1. The Morgan fingerprint density at radius 3 is 2.90 bits per heavy atom. The van der Waals surface area contributed by atoms with Crippen LogP contribution in [-0.4, -0.2) is 11.5 Å². The topological polar surface area (TPSA) is 24.9 Å². The number of aromatic nitrogens is 1. The van der Waals surface area contributed by atoms with Gasteiger partial charge in [-0.15, -0.1) is 11.3 Å². The van der Waals surface area contributed by atoms with Crippen molar-refractivity contribution in [3.8, 4) is 0 Å². The lowest BCUT2D eigenvalue weighted by atomic mass is 9.98. The van der Waals surface area contributed by atoms with Gasteiger partial charge in [-0.25, -0.2) is 4.39 Å². The number of thiophene rings is 1. The first-order valence-electron chi connectivity index (χ1n) is 7.23. The summed E-state index contributed by atoms with van der Waals surface area (Å²) in [5.41, 5.74) is 2.40. The van der Waals surface area contributed by atoms with Gasteiger partial charge in [-0.05, 0) is 55.5 Å². The molecule has 0 radical (unpaired) electrons. The molecule has 0 saturated heterocycles. The van der Waals surface area contributed by atoms with Gasteiger partial charge >= 0.3 is 0 Å². The van der Waals surface area contributed by atoms with Gasteiger partial charge in [0, 0.05) is 16.0 Å². The minimum Gasteiger partial charge on any atom is -0.306 e. The van der Waals surface area contributed by atoms with E-state index < -0.39 is 0 Å². The molecule has 2 nitrogen and oxygen atoms in total. The molecule has 1 aliphatic rings. The molecule has 2 aromatic rings. The van der Waals surface area contributed by atoms with Crippen LogP contribution in [0.3, 0.4) is 0 Å². The van der Waals surface area contributed by atoms with Gasteiger partial charge < -0.3 is 5.32 Å². The van der Waals surface area contributed by atoms with E-state index in [1.165, 1.54) is 47.2 Å². The summed E-state index contributed by atoms with van der Waals surface area (Å²) in [6.07, 6.45) is 7.98. The molecule has 0 aliphatic heterocycles. The highest BCUT2D eigenvalue weighted by atomic mass is 32.1. The van der Waals surface area contributed by atoms with Crippen molar-refractivity contribution in [1.29, 1.82) is 0 Å². The van der Waals surface area contributed by atoms with Gasteiger partial charge in [0.2, 0.25) is 0 Å². The van der Waals surface area contributed by atoms with Crippen molar-refractivity contribution in [2.75, 3.05) is 6.54 Å². The van der Waals surface area contributed by atoms with E-state index in [9.17, 15) is 4.39 Å². The second kappa shape index (κ2) is 6.02. The number of halogens is 1. The third kappa shape index (κ3) is 2.76. The van der Waals surface area contributed by atoms with Crippen LogP contribution in [0.2, 0.25) is 0 Å². The molecule has 1 aliphatic carbocycles. The van der Waals surface area contributed by atoms with Crippen molar-refractivity contribution in [2.45, 2.75) is 38.6 Å². The Morgan fingerprint density at radius 1 is 1.30 bits per heavy atom. The first-order chi connectivity index (χ1) is 9.78. The number of fused-ring (bicyclic) bond motifs is 1. The van der Waals surface area contributed by atoms with E-state index >= 15 is 0 Å². The minimum absolute atomic E-state index is 0.0544. The Kier molecular flexibility index (Phi) is 4.13. The summed E-state index contributed by atoms with van der Waals surface area (Å²) in [5, 5.41) is 3.46. The quantitative estimate of drug-likeness (QED) is 0.925. The van der Waals surface area contributed by atoms with Crippen LogP contribution in [0.15, 0.2) is 24.5 Å². The van der Waals surface area contributed by atoms with Gasteiger partial charge in [0.15, 0.2) is 0 Å². The Morgan fingerprint density at radius 2 is 2.15 bits per heavy atom. The van der Waals surface area contributed by atoms with Crippen LogP contribution in [0.1, 0.15) is 46.7 Å². The van der Waals surface area contributed by atoms with E-state index in [-0.39, 0.29) is 11.9 Å². The summed E-state index contributed by atoms with van der Waals surface area (Å²) < 4.78 is 13.4. The van der Waals surface area contributed by atoms with Crippen LogP contribution in [0.5, 0.6) is 0 Å². The van der Waals surface area contributed by atoms with E-state index in [0.717, 1.165) is 12.1 Å². The molecule has 20 heavy (non-hydrogen) atoms. The monoisotopic (exact) mass is 290 g/mol. The Hall–Kier alpha value is -1.26. The van der Waals surface area contributed by atoms with Crippen LogP contribution >= 0.6 is 11.3 Å². The van der Waals surface area contributed by atoms with Crippen molar-refractivity contribution in [3.63, 3.8) is 0 Å². The maximum absolute atomic E-state index is 13.4. The van der Waals surface area contributed by atoms with Crippen molar-refractivity contribution in [1.82, 2.24) is 10.3 Å². The van der Waals surface area contributed by atoms with Crippen LogP contribution in [0, 0.1) is 5.82 Å². The Bertz CT molecular complexity index is 570. The van der Waals surface area contributed by atoms with Gasteiger partial charge in [-0.2, -0.15) is 0 Å².